The largest absolute Gasteiger partial charge is 0.402 e. The van der Waals surface area contributed by atoms with Gasteiger partial charge < -0.3 is 5.73 Å². The van der Waals surface area contributed by atoms with Crippen molar-refractivity contribution in [2.24, 2.45) is 16.6 Å². The maximum absolute atomic E-state index is 10.7. The van der Waals surface area contributed by atoms with Gasteiger partial charge in [-0.1, -0.05) is 0 Å². The molecule has 0 radical (unpaired) electrons. The van der Waals surface area contributed by atoms with Crippen LogP contribution in [0.2, 0.25) is 0 Å². The van der Waals surface area contributed by atoms with E-state index in [1.54, 1.807) is 6.92 Å². The summed E-state index contributed by atoms with van der Waals surface area (Å²) in [5.74, 6) is 0.439. The zero-order valence-corrected chi connectivity index (χ0v) is 8.30. The van der Waals surface area contributed by atoms with Gasteiger partial charge in [0, 0.05) is 11.3 Å². The number of nitrogens with two attached hydrogens (primary N) is 1. The third-order valence-corrected chi connectivity index (χ3v) is 2.27. The molecule has 3 nitrogen and oxygen atoms in total. The van der Waals surface area contributed by atoms with Gasteiger partial charge >= 0.3 is 0 Å². The van der Waals surface area contributed by atoms with Crippen LogP contribution in [0.25, 0.3) is 0 Å². The minimum Gasteiger partial charge on any atom is -0.402 e. The van der Waals surface area contributed by atoms with Gasteiger partial charge in [-0.2, -0.15) is 0 Å². The van der Waals surface area contributed by atoms with Crippen LogP contribution in [0, 0.1) is 5.92 Å². The van der Waals surface area contributed by atoms with E-state index in [-0.39, 0.29) is 6.04 Å². The number of isothiocyanates is 1. The fourth-order valence-corrected chi connectivity index (χ4v) is 1.41. The number of nitrogens with zero attached hydrogens (tertiary/aromatic N) is 1. The van der Waals surface area contributed by atoms with Crippen molar-refractivity contribution in [3.05, 3.63) is 11.3 Å². The maximum atomic E-state index is 10.7. The van der Waals surface area contributed by atoms with Crippen molar-refractivity contribution in [1.29, 1.82) is 0 Å². The first-order valence-electron chi connectivity index (χ1n) is 4.19. The molecule has 0 aliphatic heterocycles. The molecule has 0 saturated heterocycles. The molecule has 0 aromatic rings. The molecule has 0 bridgehead atoms. The van der Waals surface area contributed by atoms with Crippen LogP contribution < -0.4 is 5.73 Å². The molecule has 1 aliphatic rings. The van der Waals surface area contributed by atoms with Gasteiger partial charge in [0.15, 0.2) is 0 Å². The summed E-state index contributed by atoms with van der Waals surface area (Å²) in [6, 6.07) is -0.153. The second-order valence-electron chi connectivity index (χ2n) is 3.26. The van der Waals surface area contributed by atoms with E-state index in [2.05, 4.69) is 22.4 Å². The van der Waals surface area contributed by atoms with E-state index in [1.165, 1.54) is 0 Å². The van der Waals surface area contributed by atoms with Gasteiger partial charge in [0.1, 0.15) is 6.29 Å². The molecule has 0 spiro atoms. The van der Waals surface area contributed by atoms with Crippen LogP contribution in [0.3, 0.4) is 0 Å². The van der Waals surface area contributed by atoms with E-state index < -0.39 is 0 Å². The topological polar surface area (TPSA) is 55.5 Å². The van der Waals surface area contributed by atoms with Gasteiger partial charge in [-0.25, -0.2) is 4.99 Å². The summed E-state index contributed by atoms with van der Waals surface area (Å²) in [4.78, 5) is 14.7. The fourth-order valence-electron chi connectivity index (χ4n) is 1.29. The van der Waals surface area contributed by atoms with Crippen molar-refractivity contribution in [2.75, 3.05) is 0 Å². The molecular formula is C9H12N2OS. The average molecular weight is 196 g/mol. The minimum absolute atomic E-state index is 0.153. The highest BCUT2D eigenvalue weighted by atomic mass is 32.1. The smallest absolute Gasteiger partial charge is 0.149 e. The first-order valence-corrected chi connectivity index (χ1v) is 4.60. The minimum atomic E-state index is -0.153. The highest BCUT2D eigenvalue weighted by Crippen LogP contribution is 2.37. The molecule has 0 aromatic heterocycles. The van der Waals surface area contributed by atoms with Crippen molar-refractivity contribution in [3.63, 3.8) is 0 Å². The molecule has 1 fully saturated rings. The molecule has 0 aromatic carbocycles. The Bertz CT molecular complexity index is 284. The number of thiocarbonyl (C=S) groups is 1. The fraction of sp³-hybridized carbons (Fsp3) is 0.556. The summed E-state index contributed by atoms with van der Waals surface area (Å²) in [6.45, 7) is 1.71. The summed E-state index contributed by atoms with van der Waals surface area (Å²) < 4.78 is 0. The number of allylic oxidation sites excluding steroid dienone is 1. The molecular weight excluding hydrogens is 184 g/mol. The number of carbonyl (C=O) groups is 1. The van der Waals surface area contributed by atoms with Crippen LogP contribution >= 0.6 is 12.2 Å². The monoisotopic (exact) mass is 196 g/mol. The molecule has 13 heavy (non-hydrogen) atoms. The molecule has 1 saturated carbocycles. The standard InChI is InChI=1S/C9H12N2OS/c1-6(10)8(4-12)9(11-5-13)7-2-3-7/h4,7,9H,2-3,10H2,1H3/t9-/m0/s1. The molecule has 1 rings (SSSR count). The number of carbonyl (C=O) groups excluding carboxylic acids is 1. The van der Waals surface area contributed by atoms with Crippen molar-refractivity contribution >= 4 is 23.7 Å². The van der Waals surface area contributed by atoms with E-state index >= 15 is 0 Å². The summed E-state index contributed by atoms with van der Waals surface area (Å²) in [6.07, 6.45) is 2.96. The van der Waals surface area contributed by atoms with Crippen LogP contribution in [-0.4, -0.2) is 17.5 Å². The van der Waals surface area contributed by atoms with Crippen LogP contribution in [0.15, 0.2) is 16.3 Å². The Morgan fingerprint density at radius 2 is 2.38 bits per heavy atom. The number of aliphatic imine (C=N–C) groups is 1. The highest BCUT2D eigenvalue weighted by Gasteiger charge is 2.33. The van der Waals surface area contributed by atoms with Crippen molar-refractivity contribution < 1.29 is 4.79 Å². The number of hydrogen-bond acceptors (Lipinski definition) is 4. The Morgan fingerprint density at radius 3 is 2.69 bits per heavy atom. The summed E-state index contributed by atoms with van der Waals surface area (Å²) >= 11 is 4.53. The molecule has 70 valence electrons. The van der Waals surface area contributed by atoms with Gasteiger partial charge in [-0.3, -0.25) is 4.79 Å². The average Bonchev–Trinajstić information content (AvgIpc) is 2.86. The second-order valence-corrected chi connectivity index (χ2v) is 3.44. The molecule has 1 atom stereocenters. The molecule has 0 unspecified atom stereocenters. The van der Waals surface area contributed by atoms with Crippen molar-refractivity contribution in [2.45, 2.75) is 25.8 Å². The number of aldehydes is 1. The zero-order valence-electron chi connectivity index (χ0n) is 7.49. The zero-order chi connectivity index (χ0) is 9.84. The van der Waals surface area contributed by atoms with E-state index in [4.69, 9.17) is 5.73 Å². The molecule has 2 N–H and O–H groups in total. The van der Waals surface area contributed by atoms with E-state index in [1.807, 2.05) is 0 Å². The van der Waals surface area contributed by atoms with E-state index in [0.717, 1.165) is 19.1 Å². The van der Waals surface area contributed by atoms with Crippen LogP contribution in [0.4, 0.5) is 0 Å². The lowest BCUT2D eigenvalue weighted by Gasteiger charge is -2.10. The van der Waals surface area contributed by atoms with Crippen molar-refractivity contribution in [1.82, 2.24) is 0 Å². The lowest BCUT2D eigenvalue weighted by atomic mass is 10.0. The van der Waals surface area contributed by atoms with Gasteiger partial charge in [-0.05, 0) is 37.9 Å². The van der Waals surface area contributed by atoms with E-state index in [0.29, 0.717) is 17.2 Å². The van der Waals surface area contributed by atoms with Gasteiger partial charge in [0.05, 0.1) is 11.2 Å². The quantitative estimate of drug-likeness (QED) is 0.319. The molecule has 0 heterocycles. The van der Waals surface area contributed by atoms with Gasteiger partial charge in [-0.15, -0.1) is 0 Å². The van der Waals surface area contributed by atoms with Gasteiger partial charge in [0.25, 0.3) is 0 Å². The molecule has 1 aliphatic carbocycles. The lowest BCUT2D eigenvalue weighted by Crippen LogP contribution is -2.16. The summed E-state index contributed by atoms with van der Waals surface area (Å²) in [7, 11) is 0. The molecule has 0 amide bonds. The second kappa shape index (κ2) is 4.30. The van der Waals surface area contributed by atoms with Gasteiger partial charge in [0.2, 0.25) is 0 Å². The Labute approximate surface area is 82.7 Å². The normalized spacial score (nSPS) is 19.8. The third-order valence-electron chi connectivity index (χ3n) is 2.16. The Kier molecular flexibility index (Phi) is 3.34. The Morgan fingerprint density at radius 1 is 1.77 bits per heavy atom. The number of rotatable bonds is 4. The predicted molar refractivity (Wildman–Crippen MR) is 54.5 cm³/mol. The van der Waals surface area contributed by atoms with Crippen LogP contribution in [0.5, 0.6) is 0 Å². The van der Waals surface area contributed by atoms with Crippen LogP contribution in [0.1, 0.15) is 19.8 Å². The number of hydrogen-bond donors (Lipinski definition) is 1. The summed E-state index contributed by atoms with van der Waals surface area (Å²) in [5.41, 5.74) is 6.65. The Balaban J connectivity index is 2.90. The van der Waals surface area contributed by atoms with Crippen LogP contribution in [-0.2, 0) is 4.79 Å². The first-order chi connectivity index (χ1) is 6.20. The SMILES string of the molecule is CC(N)=C(C=O)[C@@H](N=C=S)C1CC1. The highest BCUT2D eigenvalue weighted by molar-refractivity contribution is 7.78. The lowest BCUT2D eigenvalue weighted by molar-refractivity contribution is -0.105. The first kappa shape index (κ1) is 10.1. The summed E-state index contributed by atoms with van der Waals surface area (Å²) in [5, 5.41) is 2.32. The van der Waals surface area contributed by atoms with Crippen molar-refractivity contribution in [3.8, 4) is 0 Å². The van der Waals surface area contributed by atoms with E-state index in [9.17, 15) is 4.79 Å². The molecule has 4 heteroatoms. The third kappa shape index (κ3) is 2.47. The maximum Gasteiger partial charge on any atom is 0.149 e. The predicted octanol–water partition coefficient (Wildman–Crippen LogP) is 1.30. The Hall–Kier alpha value is -0.990.